The molecule has 2 aromatic carbocycles. The van der Waals surface area contributed by atoms with Gasteiger partial charge in [-0.15, -0.1) is 0 Å². The zero-order valence-corrected chi connectivity index (χ0v) is 13.2. The highest BCUT2D eigenvalue weighted by molar-refractivity contribution is 7.89. The SMILES string of the molecule is CNS(=O)(=O)c1cc(N)ccc1Nc1ccc(C)cc1Cl. The molecule has 0 unspecified atom stereocenters. The minimum Gasteiger partial charge on any atom is -0.399 e. The highest BCUT2D eigenvalue weighted by Crippen LogP contribution is 2.30. The van der Waals surface area contributed by atoms with Crippen LogP contribution < -0.4 is 15.8 Å². The third-order valence-corrected chi connectivity index (χ3v) is 4.72. The van der Waals surface area contributed by atoms with Crippen LogP contribution in [-0.2, 0) is 10.0 Å². The largest absolute Gasteiger partial charge is 0.399 e. The predicted octanol–water partition coefficient (Wildman–Crippen LogP) is 2.88. The number of rotatable bonds is 4. The highest BCUT2D eigenvalue weighted by atomic mass is 35.5. The lowest BCUT2D eigenvalue weighted by molar-refractivity contribution is 0.588. The van der Waals surface area contributed by atoms with Gasteiger partial charge >= 0.3 is 0 Å². The van der Waals surface area contributed by atoms with E-state index in [-0.39, 0.29) is 4.90 Å². The van der Waals surface area contributed by atoms with Gasteiger partial charge < -0.3 is 11.1 Å². The van der Waals surface area contributed by atoms with Crippen LogP contribution in [0.25, 0.3) is 0 Å². The van der Waals surface area contributed by atoms with Gasteiger partial charge in [0.25, 0.3) is 0 Å². The molecule has 0 fully saturated rings. The Hall–Kier alpha value is -1.76. The van der Waals surface area contributed by atoms with Crippen LogP contribution >= 0.6 is 11.6 Å². The van der Waals surface area contributed by atoms with Crippen molar-refractivity contribution in [3.63, 3.8) is 0 Å². The average molecular weight is 326 g/mol. The Balaban J connectivity index is 2.50. The predicted molar refractivity (Wildman–Crippen MR) is 86.6 cm³/mol. The molecule has 112 valence electrons. The van der Waals surface area contributed by atoms with E-state index < -0.39 is 10.0 Å². The molecule has 0 saturated carbocycles. The van der Waals surface area contributed by atoms with E-state index in [1.54, 1.807) is 24.3 Å². The number of aryl methyl sites for hydroxylation is 1. The molecule has 2 aromatic rings. The van der Waals surface area contributed by atoms with Crippen molar-refractivity contribution in [3.05, 3.63) is 47.0 Å². The van der Waals surface area contributed by atoms with Crippen molar-refractivity contribution in [1.29, 1.82) is 0 Å². The van der Waals surface area contributed by atoms with Gasteiger partial charge in [0.15, 0.2) is 0 Å². The lowest BCUT2D eigenvalue weighted by Crippen LogP contribution is -2.20. The Labute approximate surface area is 129 Å². The summed E-state index contributed by atoms with van der Waals surface area (Å²) in [7, 11) is -2.28. The molecule has 0 aliphatic carbocycles. The smallest absolute Gasteiger partial charge is 0.242 e. The van der Waals surface area contributed by atoms with Crippen LogP contribution in [0.5, 0.6) is 0 Å². The summed E-state index contributed by atoms with van der Waals surface area (Å²) in [6.45, 7) is 1.93. The fourth-order valence-corrected chi connectivity index (χ4v) is 3.04. The van der Waals surface area contributed by atoms with Gasteiger partial charge in [0, 0.05) is 5.69 Å². The van der Waals surface area contributed by atoms with E-state index in [0.717, 1.165) is 5.56 Å². The minimum absolute atomic E-state index is 0.0710. The fourth-order valence-electron chi connectivity index (χ4n) is 1.84. The lowest BCUT2D eigenvalue weighted by atomic mass is 10.2. The number of nitrogen functional groups attached to an aromatic ring is 1. The number of sulfonamides is 1. The van der Waals surface area contributed by atoms with Gasteiger partial charge in [-0.1, -0.05) is 17.7 Å². The summed E-state index contributed by atoms with van der Waals surface area (Å²) >= 11 is 6.16. The summed E-state index contributed by atoms with van der Waals surface area (Å²) in [6.07, 6.45) is 0. The van der Waals surface area contributed by atoms with Crippen LogP contribution in [0.1, 0.15) is 5.56 Å². The number of hydrogen-bond acceptors (Lipinski definition) is 4. The molecule has 0 aromatic heterocycles. The first-order valence-electron chi connectivity index (χ1n) is 6.20. The van der Waals surface area contributed by atoms with E-state index in [1.165, 1.54) is 13.1 Å². The first-order valence-corrected chi connectivity index (χ1v) is 8.06. The second kappa shape index (κ2) is 5.93. The van der Waals surface area contributed by atoms with Crippen LogP contribution in [0.15, 0.2) is 41.3 Å². The van der Waals surface area contributed by atoms with E-state index >= 15 is 0 Å². The van der Waals surface area contributed by atoms with Crippen LogP contribution in [-0.4, -0.2) is 15.5 Å². The summed E-state index contributed by atoms with van der Waals surface area (Å²) in [6, 6.07) is 10.1. The first-order chi connectivity index (χ1) is 9.83. The van der Waals surface area contributed by atoms with Crippen LogP contribution in [0, 0.1) is 6.92 Å². The van der Waals surface area contributed by atoms with Gasteiger partial charge in [-0.25, -0.2) is 13.1 Å². The maximum absolute atomic E-state index is 12.1. The van der Waals surface area contributed by atoms with Crippen molar-refractivity contribution in [2.24, 2.45) is 0 Å². The molecular weight excluding hydrogens is 310 g/mol. The Bertz CT molecular complexity index is 776. The second-order valence-corrected chi connectivity index (χ2v) is 6.83. The van der Waals surface area contributed by atoms with Gasteiger partial charge in [-0.2, -0.15) is 0 Å². The monoisotopic (exact) mass is 325 g/mol. The van der Waals surface area contributed by atoms with Crippen molar-refractivity contribution < 1.29 is 8.42 Å². The molecule has 0 bridgehead atoms. The molecule has 0 aliphatic rings. The first kappa shape index (κ1) is 15.6. The molecule has 21 heavy (non-hydrogen) atoms. The topological polar surface area (TPSA) is 84.2 Å². The van der Waals surface area contributed by atoms with Crippen LogP contribution in [0.3, 0.4) is 0 Å². The van der Waals surface area contributed by atoms with Crippen molar-refractivity contribution in [2.45, 2.75) is 11.8 Å². The maximum Gasteiger partial charge on any atom is 0.242 e. The summed E-state index contributed by atoms with van der Waals surface area (Å²) < 4.78 is 26.4. The molecule has 0 heterocycles. The summed E-state index contributed by atoms with van der Waals surface area (Å²) in [5.41, 5.74) is 8.09. The number of halogens is 1. The standard InChI is InChI=1S/C14H16ClN3O2S/c1-9-3-5-12(11(15)7-9)18-13-6-4-10(16)8-14(13)21(19,20)17-2/h3-8,17-18H,16H2,1-2H3. The number of nitrogens with one attached hydrogen (secondary N) is 2. The van der Waals surface area contributed by atoms with E-state index in [0.29, 0.717) is 22.1 Å². The molecule has 0 amide bonds. The van der Waals surface area contributed by atoms with Crippen molar-refractivity contribution in [2.75, 3.05) is 18.1 Å². The molecule has 2 rings (SSSR count). The van der Waals surface area contributed by atoms with Gasteiger partial charge in [-0.05, 0) is 49.9 Å². The third-order valence-electron chi connectivity index (χ3n) is 2.96. The number of anilines is 3. The Morgan fingerprint density at radius 3 is 2.38 bits per heavy atom. The summed E-state index contributed by atoms with van der Waals surface area (Å²) in [5, 5.41) is 3.54. The van der Waals surface area contributed by atoms with Gasteiger partial charge in [0.1, 0.15) is 4.90 Å². The van der Waals surface area contributed by atoms with E-state index in [9.17, 15) is 8.42 Å². The Morgan fingerprint density at radius 1 is 1.10 bits per heavy atom. The van der Waals surface area contributed by atoms with Crippen molar-refractivity contribution in [3.8, 4) is 0 Å². The summed E-state index contributed by atoms with van der Waals surface area (Å²) in [5.74, 6) is 0. The maximum atomic E-state index is 12.1. The second-order valence-electron chi connectivity index (χ2n) is 4.57. The lowest BCUT2D eigenvalue weighted by Gasteiger charge is -2.14. The van der Waals surface area contributed by atoms with Crippen LogP contribution in [0.2, 0.25) is 5.02 Å². The third kappa shape index (κ3) is 3.47. The summed E-state index contributed by atoms with van der Waals surface area (Å²) in [4.78, 5) is 0.0710. The van der Waals surface area contributed by atoms with Crippen molar-refractivity contribution >= 4 is 38.7 Å². The van der Waals surface area contributed by atoms with Gasteiger partial charge in [0.2, 0.25) is 10.0 Å². The Kier molecular flexibility index (Phi) is 4.41. The fraction of sp³-hybridized carbons (Fsp3) is 0.143. The molecule has 0 atom stereocenters. The van der Waals surface area contributed by atoms with E-state index in [1.807, 2.05) is 13.0 Å². The molecule has 7 heteroatoms. The van der Waals surface area contributed by atoms with Gasteiger partial charge in [-0.3, -0.25) is 0 Å². The normalized spacial score (nSPS) is 11.4. The zero-order chi connectivity index (χ0) is 15.6. The van der Waals surface area contributed by atoms with E-state index in [2.05, 4.69) is 10.0 Å². The minimum atomic E-state index is -3.63. The molecule has 0 saturated heterocycles. The van der Waals surface area contributed by atoms with Crippen LogP contribution in [0.4, 0.5) is 17.1 Å². The zero-order valence-electron chi connectivity index (χ0n) is 11.6. The number of benzene rings is 2. The molecule has 0 aliphatic heterocycles. The quantitative estimate of drug-likeness (QED) is 0.755. The molecule has 5 nitrogen and oxygen atoms in total. The highest BCUT2D eigenvalue weighted by Gasteiger charge is 2.17. The average Bonchev–Trinajstić information content (AvgIpc) is 2.43. The molecule has 0 spiro atoms. The van der Waals surface area contributed by atoms with E-state index in [4.69, 9.17) is 17.3 Å². The Morgan fingerprint density at radius 2 is 1.76 bits per heavy atom. The molecule has 4 N–H and O–H groups in total. The molecule has 0 radical (unpaired) electrons. The number of hydrogen-bond donors (Lipinski definition) is 3. The van der Waals surface area contributed by atoms with Gasteiger partial charge in [0.05, 0.1) is 16.4 Å². The molecular formula is C14H16ClN3O2S. The number of nitrogens with two attached hydrogens (primary N) is 1. The van der Waals surface area contributed by atoms with Crippen molar-refractivity contribution in [1.82, 2.24) is 4.72 Å².